The molecule has 1 aromatic heterocycles. The average molecular weight is 289 g/mol. The fourth-order valence-electron chi connectivity index (χ4n) is 3.66. The van der Waals surface area contributed by atoms with Crippen molar-refractivity contribution in [1.82, 2.24) is 4.98 Å². The maximum Gasteiger partial charge on any atom is 0.139 e. The summed E-state index contributed by atoms with van der Waals surface area (Å²) in [6.45, 7) is 3.18. The van der Waals surface area contributed by atoms with Crippen LogP contribution in [0.5, 0.6) is 0 Å². The van der Waals surface area contributed by atoms with Crippen LogP contribution in [0.4, 0.5) is 5.82 Å². The molecule has 1 fully saturated rings. The molecular weight excluding hydrogens is 266 g/mol. The van der Waals surface area contributed by atoms with E-state index in [9.17, 15) is 0 Å². The third kappa shape index (κ3) is 2.41. The molecule has 108 valence electrons. The first-order chi connectivity index (χ1) is 9.70. The number of thiocarbonyl (C=S) groups is 1. The van der Waals surface area contributed by atoms with Crippen molar-refractivity contribution in [3.63, 3.8) is 0 Å². The highest BCUT2D eigenvalue weighted by Gasteiger charge is 2.27. The number of hydrogen-bond acceptors (Lipinski definition) is 3. The summed E-state index contributed by atoms with van der Waals surface area (Å²) in [6.07, 6.45) is 8.61. The van der Waals surface area contributed by atoms with Crippen LogP contribution in [-0.2, 0) is 12.8 Å². The molecule has 0 aliphatic heterocycles. The normalized spacial score (nSPS) is 18.2. The van der Waals surface area contributed by atoms with Gasteiger partial charge in [-0.2, -0.15) is 0 Å². The van der Waals surface area contributed by atoms with Gasteiger partial charge in [-0.05, 0) is 50.7 Å². The molecule has 0 radical (unpaired) electrons. The number of hydrogen-bond donors (Lipinski definition) is 1. The van der Waals surface area contributed by atoms with Gasteiger partial charge in [0.05, 0.1) is 5.56 Å². The van der Waals surface area contributed by atoms with Crippen molar-refractivity contribution in [2.45, 2.75) is 57.9 Å². The molecule has 0 aromatic carbocycles. The van der Waals surface area contributed by atoms with Crippen LogP contribution in [0, 0.1) is 0 Å². The van der Waals surface area contributed by atoms with Crippen molar-refractivity contribution in [3.8, 4) is 0 Å². The van der Waals surface area contributed by atoms with Crippen LogP contribution < -0.4 is 10.6 Å². The van der Waals surface area contributed by atoms with Crippen LogP contribution in [0.1, 0.15) is 55.8 Å². The quantitative estimate of drug-likeness (QED) is 0.865. The number of pyridine rings is 1. The predicted molar refractivity (Wildman–Crippen MR) is 87.4 cm³/mol. The van der Waals surface area contributed by atoms with E-state index >= 15 is 0 Å². The summed E-state index contributed by atoms with van der Waals surface area (Å²) >= 11 is 5.27. The predicted octanol–water partition coefficient (Wildman–Crippen LogP) is 2.97. The van der Waals surface area contributed by atoms with Gasteiger partial charge in [-0.3, -0.25) is 0 Å². The molecule has 1 aromatic rings. The fraction of sp³-hybridized carbons (Fsp3) is 0.625. The first kappa shape index (κ1) is 13.8. The Bertz CT molecular complexity index is 521. The molecule has 0 saturated heterocycles. The Hall–Kier alpha value is -1.16. The molecule has 0 bridgehead atoms. The van der Waals surface area contributed by atoms with E-state index in [-0.39, 0.29) is 0 Å². The van der Waals surface area contributed by atoms with E-state index in [1.165, 1.54) is 43.4 Å². The molecule has 0 atom stereocenters. The summed E-state index contributed by atoms with van der Waals surface area (Å²) < 4.78 is 0. The second-order valence-corrected chi connectivity index (χ2v) is 6.35. The van der Waals surface area contributed by atoms with Gasteiger partial charge in [0, 0.05) is 18.3 Å². The first-order valence-electron chi connectivity index (χ1n) is 7.80. The van der Waals surface area contributed by atoms with E-state index in [1.54, 1.807) is 0 Å². The van der Waals surface area contributed by atoms with Gasteiger partial charge in [-0.15, -0.1) is 0 Å². The van der Waals surface area contributed by atoms with Crippen LogP contribution >= 0.6 is 12.2 Å². The minimum atomic E-state index is 0.485. The molecule has 2 N–H and O–H groups in total. The largest absolute Gasteiger partial charge is 0.389 e. The molecule has 2 aliphatic carbocycles. The highest BCUT2D eigenvalue weighted by Crippen LogP contribution is 2.32. The van der Waals surface area contributed by atoms with Crippen LogP contribution in [0.3, 0.4) is 0 Å². The van der Waals surface area contributed by atoms with Crippen molar-refractivity contribution in [3.05, 3.63) is 22.9 Å². The van der Waals surface area contributed by atoms with E-state index in [0.29, 0.717) is 11.0 Å². The second-order valence-electron chi connectivity index (χ2n) is 5.91. The Morgan fingerprint density at radius 3 is 2.75 bits per heavy atom. The Kier molecular flexibility index (Phi) is 3.92. The standard InChI is InChI=1S/C16H23N3S/c1-2-19(12-7-3-4-8-12)16-13(15(17)20)10-11-6-5-9-14(11)18-16/h10,12H,2-9H2,1H3,(H2,17,20). The van der Waals surface area contributed by atoms with Crippen molar-refractivity contribution >= 4 is 23.0 Å². The number of aryl methyl sites for hydroxylation is 2. The number of nitrogens with two attached hydrogens (primary N) is 1. The van der Waals surface area contributed by atoms with E-state index < -0.39 is 0 Å². The molecule has 3 nitrogen and oxygen atoms in total. The monoisotopic (exact) mass is 289 g/mol. The summed E-state index contributed by atoms with van der Waals surface area (Å²) in [5.74, 6) is 1.03. The van der Waals surface area contributed by atoms with E-state index in [1.807, 2.05) is 0 Å². The molecule has 2 aliphatic rings. The molecule has 3 rings (SSSR count). The smallest absolute Gasteiger partial charge is 0.139 e. The minimum Gasteiger partial charge on any atom is -0.389 e. The summed E-state index contributed by atoms with van der Waals surface area (Å²) in [5, 5.41) is 0. The van der Waals surface area contributed by atoms with Crippen molar-refractivity contribution in [1.29, 1.82) is 0 Å². The SMILES string of the molecule is CCN(c1nc2c(cc1C(N)=S)CCC2)C1CCCC1. The zero-order valence-electron chi connectivity index (χ0n) is 12.2. The molecule has 1 saturated carbocycles. The third-order valence-corrected chi connectivity index (χ3v) is 4.89. The van der Waals surface area contributed by atoms with E-state index in [2.05, 4.69) is 17.9 Å². The first-order valence-corrected chi connectivity index (χ1v) is 8.20. The lowest BCUT2D eigenvalue weighted by atomic mass is 10.1. The van der Waals surface area contributed by atoms with Crippen molar-refractivity contribution in [2.75, 3.05) is 11.4 Å². The van der Waals surface area contributed by atoms with Crippen molar-refractivity contribution < 1.29 is 0 Å². The summed E-state index contributed by atoms with van der Waals surface area (Å²) in [6, 6.07) is 2.81. The van der Waals surface area contributed by atoms with Crippen LogP contribution in [0.25, 0.3) is 0 Å². The lowest BCUT2D eigenvalue weighted by Gasteiger charge is -2.31. The highest BCUT2D eigenvalue weighted by atomic mass is 32.1. The van der Waals surface area contributed by atoms with Gasteiger partial charge in [-0.1, -0.05) is 25.1 Å². The van der Waals surface area contributed by atoms with Crippen LogP contribution in [0.15, 0.2) is 6.07 Å². The molecule has 0 unspecified atom stereocenters. The number of nitrogens with zero attached hydrogens (tertiary/aromatic N) is 2. The Balaban J connectivity index is 2.03. The molecule has 0 spiro atoms. The van der Waals surface area contributed by atoms with Gasteiger partial charge in [-0.25, -0.2) is 4.98 Å². The van der Waals surface area contributed by atoms with Gasteiger partial charge in [0.1, 0.15) is 10.8 Å². The molecule has 0 amide bonds. The molecule has 1 heterocycles. The van der Waals surface area contributed by atoms with Gasteiger partial charge in [0.15, 0.2) is 0 Å². The molecule has 4 heteroatoms. The van der Waals surface area contributed by atoms with Gasteiger partial charge in [0.25, 0.3) is 0 Å². The third-order valence-electron chi connectivity index (χ3n) is 4.67. The lowest BCUT2D eigenvalue weighted by Crippen LogP contribution is -2.35. The second kappa shape index (κ2) is 5.68. The van der Waals surface area contributed by atoms with E-state index in [0.717, 1.165) is 30.8 Å². The highest BCUT2D eigenvalue weighted by molar-refractivity contribution is 7.80. The topological polar surface area (TPSA) is 42.2 Å². The number of aromatic nitrogens is 1. The van der Waals surface area contributed by atoms with Gasteiger partial charge >= 0.3 is 0 Å². The maximum atomic E-state index is 5.96. The number of anilines is 1. The fourth-order valence-corrected chi connectivity index (χ4v) is 3.81. The Morgan fingerprint density at radius 1 is 1.35 bits per heavy atom. The Labute approximate surface area is 126 Å². The van der Waals surface area contributed by atoms with Crippen molar-refractivity contribution in [2.24, 2.45) is 5.73 Å². The number of fused-ring (bicyclic) bond motifs is 1. The van der Waals surface area contributed by atoms with Gasteiger partial charge in [0.2, 0.25) is 0 Å². The summed E-state index contributed by atoms with van der Waals surface area (Å²) in [5.41, 5.74) is 9.55. The Morgan fingerprint density at radius 2 is 2.10 bits per heavy atom. The lowest BCUT2D eigenvalue weighted by molar-refractivity contribution is 0.611. The van der Waals surface area contributed by atoms with Crippen LogP contribution in [-0.4, -0.2) is 22.6 Å². The van der Waals surface area contributed by atoms with Crippen LogP contribution in [0.2, 0.25) is 0 Å². The average Bonchev–Trinajstić information content (AvgIpc) is 3.08. The number of rotatable bonds is 4. The maximum absolute atomic E-state index is 5.96. The molecule has 20 heavy (non-hydrogen) atoms. The zero-order valence-corrected chi connectivity index (χ0v) is 13.0. The zero-order chi connectivity index (χ0) is 14.1. The van der Waals surface area contributed by atoms with E-state index in [4.69, 9.17) is 22.9 Å². The summed E-state index contributed by atoms with van der Waals surface area (Å²) in [7, 11) is 0. The minimum absolute atomic E-state index is 0.485. The van der Waals surface area contributed by atoms with Gasteiger partial charge < -0.3 is 10.6 Å². The summed E-state index contributed by atoms with van der Waals surface area (Å²) in [4.78, 5) is 7.86. The molecular formula is C16H23N3S.